The summed E-state index contributed by atoms with van der Waals surface area (Å²) in [6.45, 7) is 5.23. The Hall–Kier alpha value is -2.84. The van der Waals surface area contributed by atoms with Crippen LogP contribution in [0.5, 0.6) is 0 Å². The smallest absolute Gasteiger partial charge is 0.407 e. The molecule has 5 heterocycles. The number of benzene rings is 1. The van der Waals surface area contributed by atoms with Gasteiger partial charge < -0.3 is 19.7 Å². The topological polar surface area (TPSA) is 107 Å². The fraction of sp³-hybridized carbons (Fsp3) is 0.483. The Labute approximate surface area is 256 Å². The third-order valence-corrected chi connectivity index (χ3v) is 10.6. The summed E-state index contributed by atoms with van der Waals surface area (Å²) >= 11 is 3.92. The highest BCUT2D eigenvalue weighted by Gasteiger charge is 2.68. The Balaban J connectivity index is 1.09. The van der Waals surface area contributed by atoms with Gasteiger partial charge in [-0.2, -0.15) is 5.10 Å². The summed E-state index contributed by atoms with van der Waals surface area (Å²) in [4.78, 5) is 29.8. The van der Waals surface area contributed by atoms with Crippen molar-refractivity contribution < 1.29 is 14.3 Å². The van der Waals surface area contributed by atoms with E-state index >= 15 is 0 Å². The summed E-state index contributed by atoms with van der Waals surface area (Å²) in [6, 6.07) is 9.74. The average molecular weight is 686 g/mol. The molecule has 4 unspecified atom stereocenters. The van der Waals surface area contributed by atoms with Gasteiger partial charge >= 0.3 is 6.09 Å². The molecule has 4 aromatic rings. The number of nitrogens with one attached hydrogen (secondary N) is 1. The van der Waals surface area contributed by atoms with Gasteiger partial charge in [-0.25, -0.2) is 24.4 Å². The van der Waals surface area contributed by atoms with E-state index in [9.17, 15) is 4.79 Å². The van der Waals surface area contributed by atoms with Crippen LogP contribution < -0.4 is 10.2 Å². The maximum absolute atomic E-state index is 12.7. The lowest BCUT2D eigenvalue weighted by Gasteiger charge is -2.27. The van der Waals surface area contributed by atoms with Crippen LogP contribution in [0.3, 0.4) is 0 Å². The van der Waals surface area contributed by atoms with Crippen LogP contribution in [-0.4, -0.2) is 57.1 Å². The number of carbonyl (C=O) groups excluding carboxylic acids is 1. The molecule has 0 bridgehead atoms. The minimum Gasteiger partial charge on any atom is -0.445 e. The zero-order valence-electron chi connectivity index (χ0n) is 22.8. The van der Waals surface area contributed by atoms with E-state index in [4.69, 9.17) is 29.5 Å². The van der Waals surface area contributed by atoms with Crippen LogP contribution >= 0.6 is 33.9 Å². The molecule has 1 N–H and O–H groups in total. The number of piperidine rings is 1. The first-order valence-corrected chi connectivity index (χ1v) is 16.1. The number of hydrogen-bond acceptors (Lipinski definition) is 9. The Morgan fingerprint density at radius 3 is 2.88 bits per heavy atom. The molecule has 2 aliphatic heterocycles. The molecule has 214 valence electrons. The summed E-state index contributed by atoms with van der Waals surface area (Å²) in [5, 5.41) is 11.0. The van der Waals surface area contributed by atoms with Crippen molar-refractivity contribution in [1.82, 2.24) is 30.0 Å². The molecule has 1 aromatic carbocycles. The second kappa shape index (κ2) is 11.1. The Bertz CT molecular complexity index is 1560. The predicted octanol–water partition coefficient (Wildman–Crippen LogP) is 5.22. The van der Waals surface area contributed by atoms with E-state index in [0.717, 1.165) is 82.3 Å². The molecule has 41 heavy (non-hydrogen) atoms. The molecule has 10 nitrogen and oxygen atoms in total. The van der Waals surface area contributed by atoms with Crippen molar-refractivity contribution in [2.75, 3.05) is 31.1 Å². The van der Waals surface area contributed by atoms with Crippen LogP contribution in [0.2, 0.25) is 0 Å². The summed E-state index contributed by atoms with van der Waals surface area (Å²) in [6.07, 6.45) is 5.51. The van der Waals surface area contributed by atoms with Gasteiger partial charge in [0.1, 0.15) is 22.9 Å². The molecule has 1 amide bonds. The number of anilines is 1. The van der Waals surface area contributed by atoms with Crippen molar-refractivity contribution in [2.24, 2.45) is 11.8 Å². The molecular formula is C29H32IN7O3S. The number of fused-ring (bicyclic) bond motifs is 2. The highest BCUT2D eigenvalue weighted by molar-refractivity contribution is 14.1. The van der Waals surface area contributed by atoms with E-state index in [1.165, 1.54) is 0 Å². The first-order chi connectivity index (χ1) is 20.0. The van der Waals surface area contributed by atoms with Gasteiger partial charge in [-0.15, -0.1) is 11.3 Å². The van der Waals surface area contributed by atoms with Crippen LogP contribution in [0.1, 0.15) is 48.2 Å². The summed E-state index contributed by atoms with van der Waals surface area (Å²) in [7, 11) is 0. The highest BCUT2D eigenvalue weighted by Crippen LogP contribution is 2.63. The van der Waals surface area contributed by atoms with Crippen molar-refractivity contribution in [1.29, 1.82) is 0 Å². The molecule has 0 spiro atoms. The predicted molar refractivity (Wildman–Crippen MR) is 164 cm³/mol. The number of ether oxygens (including phenoxy) is 2. The number of nitrogens with zero attached hydrogens (tertiary/aromatic N) is 6. The molecular weight excluding hydrogens is 653 g/mol. The van der Waals surface area contributed by atoms with Crippen molar-refractivity contribution >= 4 is 57.0 Å². The average Bonchev–Trinajstić information content (AvgIpc) is 3.23. The molecule has 3 aliphatic rings. The Morgan fingerprint density at radius 1 is 1.22 bits per heavy atom. The summed E-state index contributed by atoms with van der Waals surface area (Å²) in [5.74, 6) is 1.65. The van der Waals surface area contributed by atoms with E-state index in [1.807, 2.05) is 48.1 Å². The molecule has 3 aromatic heterocycles. The van der Waals surface area contributed by atoms with Crippen molar-refractivity contribution in [3.05, 3.63) is 61.9 Å². The summed E-state index contributed by atoms with van der Waals surface area (Å²) in [5.41, 5.74) is 3.37. The first kappa shape index (κ1) is 27.0. The monoisotopic (exact) mass is 685 g/mol. The van der Waals surface area contributed by atoms with Crippen LogP contribution in [0.15, 0.2) is 41.9 Å². The SMILES string of the molecule is Cc1csc(C2(CNC(=O)OCc3ccccc3)C3CCN(c4cnc5c(I)nn(C6CCCCO6)c5n4)CC32)n1. The number of amides is 1. The number of thiazole rings is 1. The lowest BCUT2D eigenvalue weighted by Crippen LogP contribution is -2.35. The van der Waals surface area contributed by atoms with Gasteiger partial charge in [-0.05, 0) is 72.6 Å². The lowest BCUT2D eigenvalue weighted by molar-refractivity contribution is -0.0372. The maximum Gasteiger partial charge on any atom is 0.407 e. The number of alkyl carbamates (subject to hydrolysis) is 1. The quantitative estimate of drug-likeness (QED) is 0.264. The number of carbonyl (C=O) groups is 1. The van der Waals surface area contributed by atoms with E-state index in [-0.39, 0.29) is 18.2 Å². The normalized spacial score (nSPS) is 25.6. The second-order valence-corrected chi connectivity index (χ2v) is 13.0. The summed E-state index contributed by atoms with van der Waals surface area (Å²) < 4.78 is 14.3. The Kier molecular flexibility index (Phi) is 7.32. The number of aryl methyl sites for hydroxylation is 1. The van der Waals surface area contributed by atoms with Gasteiger partial charge in [0.2, 0.25) is 0 Å². The Morgan fingerprint density at radius 2 is 2.10 bits per heavy atom. The van der Waals surface area contributed by atoms with Gasteiger partial charge in [0.15, 0.2) is 15.6 Å². The van der Waals surface area contributed by atoms with E-state index < -0.39 is 6.09 Å². The molecule has 4 atom stereocenters. The van der Waals surface area contributed by atoms with Crippen molar-refractivity contribution in [3.8, 4) is 0 Å². The molecule has 2 saturated heterocycles. The van der Waals surface area contributed by atoms with Crippen molar-refractivity contribution in [3.63, 3.8) is 0 Å². The van der Waals surface area contributed by atoms with Crippen LogP contribution in [0.25, 0.3) is 11.2 Å². The molecule has 1 aliphatic carbocycles. The third-order valence-electron chi connectivity index (χ3n) is 8.68. The minimum atomic E-state index is -0.397. The lowest BCUT2D eigenvalue weighted by atomic mass is 10.0. The second-order valence-electron chi connectivity index (χ2n) is 11.2. The molecule has 12 heteroatoms. The zero-order chi connectivity index (χ0) is 28.0. The first-order valence-electron chi connectivity index (χ1n) is 14.2. The van der Waals surface area contributed by atoms with Crippen LogP contribution in [-0.2, 0) is 21.5 Å². The number of rotatable bonds is 7. The van der Waals surface area contributed by atoms with E-state index in [2.05, 4.69) is 38.2 Å². The van der Waals surface area contributed by atoms with E-state index in [1.54, 1.807) is 11.3 Å². The fourth-order valence-electron chi connectivity index (χ4n) is 6.54. The van der Waals surface area contributed by atoms with Gasteiger partial charge in [-0.3, -0.25) is 0 Å². The van der Waals surface area contributed by atoms with Crippen LogP contribution in [0.4, 0.5) is 10.6 Å². The highest BCUT2D eigenvalue weighted by atomic mass is 127. The molecule has 3 fully saturated rings. The maximum atomic E-state index is 12.7. The third kappa shape index (κ3) is 5.07. The van der Waals surface area contributed by atoms with Gasteiger partial charge in [0.05, 0.1) is 6.20 Å². The van der Waals surface area contributed by atoms with Gasteiger partial charge in [0, 0.05) is 42.7 Å². The van der Waals surface area contributed by atoms with Gasteiger partial charge in [-0.1, -0.05) is 30.3 Å². The van der Waals surface area contributed by atoms with E-state index in [0.29, 0.717) is 18.4 Å². The van der Waals surface area contributed by atoms with Crippen LogP contribution in [0, 0.1) is 22.5 Å². The zero-order valence-corrected chi connectivity index (χ0v) is 25.8. The standard InChI is InChI=1S/C29H32IN7O3S/c1-18-16-41-27(33-18)29(17-32-28(38)40-15-19-7-3-2-4-8-19)20-10-11-36(14-21(20)29)22-13-31-24-25(30)35-37(26(24)34-22)23-9-5-6-12-39-23/h2-4,7-8,13,16,20-21,23H,5-6,9-12,14-15,17H2,1H3,(H,32,38). The molecule has 7 rings (SSSR count). The largest absolute Gasteiger partial charge is 0.445 e. The van der Waals surface area contributed by atoms with Crippen molar-refractivity contribution in [2.45, 2.75) is 50.9 Å². The number of halogens is 1. The minimum absolute atomic E-state index is 0.0954. The fourth-order valence-corrected chi connectivity index (χ4v) is 8.27. The number of hydrogen-bond donors (Lipinski definition) is 1. The molecule has 0 radical (unpaired) electrons. The number of aromatic nitrogens is 5. The molecule has 1 saturated carbocycles. The van der Waals surface area contributed by atoms with Gasteiger partial charge in [0.25, 0.3) is 0 Å².